The zero-order valence-electron chi connectivity index (χ0n) is 15.0. The minimum absolute atomic E-state index is 0. The van der Waals surface area contributed by atoms with Crippen LogP contribution < -0.4 is 16.3 Å². The molecule has 12 heteroatoms. The van der Waals surface area contributed by atoms with Crippen LogP contribution in [-0.4, -0.2) is 69.9 Å². The quantitative estimate of drug-likeness (QED) is 0.697. The van der Waals surface area contributed by atoms with Crippen molar-refractivity contribution in [1.82, 2.24) is 29.7 Å². The number of nitrogens with one attached hydrogen (secondary N) is 2. The summed E-state index contributed by atoms with van der Waals surface area (Å²) in [7, 11) is 0. The molecule has 1 unspecified atom stereocenters. The zero-order valence-corrected chi connectivity index (χ0v) is 15.8. The number of halogens is 4. The van der Waals surface area contributed by atoms with Gasteiger partial charge in [-0.3, -0.25) is 14.1 Å². The van der Waals surface area contributed by atoms with Crippen molar-refractivity contribution in [3.8, 4) is 0 Å². The molecule has 0 radical (unpaired) electrons. The lowest BCUT2D eigenvalue weighted by molar-refractivity contribution is -0.184. The highest BCUT2D eigenvalue weighted by molar-refractivity contribution is 5.85. The van der Waals surface area contributed by atoms with Gasteiger partial charge in [0.25, 0.3) is 0 Å². The first-order chi connectivity index (χ1) is 12.9. The summed E-state index contributed by atoms with van der Waals surface area (Å²) >= 11 is 0. The van der Waals surface area contributed by atoms with Gasteiger partial charge in [0.2, 0.25) is 5.91 Å². The van der Waals surface area contributed by atoms with Crippen LogP contribution in [0.2, 0.25) is 0 Å². The van der Waals surface area contributed by atoms with E-state index in [9.17, 15) is 22.8 Å². The van der Waals surface area contributed by atoms with Gasteiger partial charge in [-0.15, -0.1) is 17.5 Å². The highest BCUT2D eigenvalue weighted by Crippen LogP contribution is 2.24. The molecule has 0 spiro atoms. The van der Waals surface area contributed by atoms with E-state index in [-0.39, 0.29) is 38.5 Å². The SMILES string of the molecule is Cl.O=C(CCn1nc2ccccn2c1=O)NCC(N1CCNCC1)C(F)(F)F. The number of aromatic nitrogens is 3. The van der Waals surface area contributed by atoms with E-state index in [1.807, 2.05) is 0 Å². The number of nitrogens with zero attached hydrogens (tertiary/aromatic N) is 4. The fourth-order valence-electron chi connectivity index (χ4n) is 3.07. The van der Waals surface area contributed by atoms with Crippen LogP contribution in [0.4, 0.5) is 13.2 Å². The molecule has 0 aliphatic carbocycles. The Bertz CT molecular complexity index is 847. The summed E-state index contributed by atoms with van der Waals surface area (Å²) in [6, 6.07) is 3.34. The number of hydrogen-bond acceptors (Lipinski definition) is 5. The van der Waals surface area contributed by atoms with E-state index in [2.05, 4.69) is 15.7 Å². The Balaban J connectivity index is 0.00000280. The second kappa shape index (κ2) is 9.39. The van der Waals surface area contributed by atoms with Gasteiger partial charge in [0.05, 0.1) is 6.54 Å². The van der Waals surface area contributed by atoms with Crippen LogP contribution in [0.5, 0.6) is 0 Å². The monoisotopic (exact) mass is 422 g/mol. The molecule has 8 nitrogen and oxygen atoms in total. The Kier molecular flexibility index (Phi) is 7.44. The molecule has 28 heavy (non-hydrogen) atoms. The van der Waals surface area contributed by atoms with Crippen LogP contribution in [0.1, 0.15) is 6.42 Å². The molecule has 0 aromatic carbocycles. The van der Waals surface area contributed by atoms with Gasteiger partial charge in [-0.2, -0.15) is 13.2 Å². The average Bonchev–Trinajstić information content (AvgIpc) is 2.96. The smallest absolute Gasteiger partial charge is 0.354 e. The van der Waals surface area contributed by atoms with Gasteiger partial charge in [-0.05, 0) is 12.1 Å². The Hall–Kier alpha value is -2.11. The van der Waals surface area contributed by atoms with E-state index < -0.39 is 30.4 Å². The molecule has 1 fully saturated rings. The molecule has 156 valence electrons. The Morgan fingerprint density at radius 1 is 1.29 bits per heavy atom. The molecule has 1 aliphatic rings. The summed E-state index contributed by atoms with van der Waals surface area (Å²) in [6.07, 6.45) is -3.00. The molecular formula is C16H22ClF3N6O2. The number of hydrogen-bond donors (Lipinski definition) is 2. The summed E-state index contributed by atoms with van der Waals surface area (Å²) in [5, 5.41) is 9.43. The van der Waals surface area contributed by atoms with Crippen molar-refractivity contribution in [2.24, 2.45) is 0 Å². The van der Waals surface area contributed by atoms with Gasteiger partial charge >= 0.3 is 11.9 Å². The second-order valence-electron chi connectivity index (χ2n) is 6.33. The minimum Gasteiger partial charge on any atom is -0.354 e. The number of aryl methyl sites for hydroxylation is 1. The third-order valence-corrected chi connectivity index (χ3v) is 4.50. The first-order valence-electron chi connectivity index (χ1n) is 8.68. The number of carbonyl (C=O) groups excluding carboxylic acids is 1. The van der Waals surface area contributed by atoms with Gasteiger partial charge in [-0.1, -0.05) is 6.07 Å². The van der Waals surface area contributed by atoms with Crippen LogP contribution in [-0.2, 0) is 11.3 Å². The van der Waals surface area contributed by atoms with Crippen molar-refractivity contribution in [3.05, 3.63) is 34.9 Å². The van der Waals surface area contributed by atoms with Crippen molar-refractivity contribution in [2.45, 2.75) is 25.2 Å². The maximum Gasteiger partial charge on any atom is 0.405 e. The molecule has 3 rings (SSSR count). The number of fused-ring (bicyclic) bond motifs is 1. The Labute approximate surface area is 165 Å². The molecule has 1 aliphatic heterocycles. The topological polar surface area (TPSA) is 83.7 Å². The number of rotatable bonds is 6. The van der Waals surface area contributed by atoms with E-state index in [4.69, 9.17) is 0 Å². The predicted octanol–water partition coefficient (Wildman–Crippen LogP) is 0.260. The number of amides is 1. The molecule has 1 saturated heterocycles. The third kappa shape index (κ3) is 5.24. The molecule has 2 aromatic heterocycles. The van der Waals surface area contributed by atoms with Gasteiger partial charge in [0, 0.05) is 45.3 Å². The van der Waals surface area contributed by atoms with Gasteiger partial charge in [-0.25, -0.2) is 9.48 Å². The van der Waals surface area contributed by atoms with Crippen molar-refractivity contribution < 1.29 is 18.0 Å². The first-order valence-corrected chi connectivity index (χ1v) is 8.68. The molecule has 2 aromatic rings. The fourth-order valence-corrected chi connectivity index (χ4v) is 3.07. The summed E-state index contributed by atoms with van der Waals surface area (Å²) < 4.78 is 42.4. The highest BCUT2D eigenvalue weighted by Gasteiger charge is 2.43. The molecule has 0 saturated carbocycles. The maximum absolute atomic E-state index is 13.3. The largest absolute Gasteiger partial charge is 0.405 e. The van der Waals surface area contributed by atoms with Gasteiger partial charge < -0.3 is 10.6 Å². The van der Waals surface area contributed by atoms with E-state index >= 15 is 0 Å². The van der Waals surface area contributed by atoms with Gasteiger partial charge in [0.1, 0.15) is 6.04 Å². The lowest BCUT2D eigenvalue weighted by Gasteiger charge is -2.35. The molecular weight excluding hydrogens is 401 g/mol. The van der Waals surface area contributed by atoms with Crippen LogP contribution in [0.15, 0.2) is 29.2 Å². The zero-order chi connectivity index (χ0) is 19.4. The lowest BCUT2D eigenvalue weighted by Crippen LogP contribution is -2.57. The van der Waals surface area contributed by atoms with Gasteiger partial charge in [0.15, 0.2) is 5.65 Å². The number of alkyl halides is 3. The Morgan fingerprint density at radius 2 is 2.00 bits per heavy atom. The van der Waals surface area contributed by atoms with E-state index in [1.165, 1.54) is 9.30 Å². The number of pyridine rings is 1. The van der Waals surface area contributed by atoms with E-state index in [0.29, 0.717) is 18.7 Å². The normalized spacial score (nSPS) is 16.5. The van der Waals surface area contributed by atoms with Crippen LogP contribution in [0.25, 0.3) is 5.65 Å². The van der Waals surface area contributed by atoms with E-state index in [0.717, 1.165) is 4.68 Å². The predicted molar refractivity (Wildman–Crippen MR) is 98.6 cm³/mol. The summed E-state index contributed by atoms with van der Waals surface area (Å²) in [4.78, 5) is 25.4. The first kappa shape index (κ1) is 22.2. The number of carbonyl (C=O) groups is 1. The van der Waals surface area contributed by atoms with Crippen molar-refractivity contribution >= 4 is 24.0 Å². The van der Waals surface area contributed by atoms with Crippen molar-refractivity contribution in [2.75, 3.05) is 32.7 Å². The molecule has 1 amide bonds. The minimum atomic E-state index is -4.43. The maximum atomic E-state index is 13.3. The van der Waals surface area contributed by atoms with Crippen LogP contribution >= 0.6 is 12.4 Å². The molecule has 0 bridgehead atoms. The summed E-state index contributed by atoms with van der Waals surface area (Å²) in [5.74, 6) is -0.552. The number of piperazine rings is 1. The molecule has 3 heterocycles. The molecule has 2 N–H and O–H groups in total. The third-order valence-electron chi connectivity index (χ3n) is 4.50. The summed E-state index contributed by atoms with van der Waals surface area (Å²) in [5.41, 5.74) is 0.0473. The van der Waals surface area contributed by atoms with Crippen molar-refractivity contribution in [3.63, 3.8) is 0 Å². The highest BCUT2D eigenvalue weighted by atomic mass is 35.5. The average molecular weight is 423 g/mol. The standard InChI is InChI=1S/C16H21F3N6O2.ClH/c17-16(18,19)12(23-9-5-20-6-10-23)11-21-14(26)4-8-25-15(27)24-7-2-1-3-13(24)22-25;/h1-3,7,12,20H,4-6,8-11H2,(H,21,26);1H. The lowest BCUT2D eigenvalue weighted by atomic mass is 10.2. The Morgan fingerprint density at radius 3 is 2.64 bits per heavy atom. The van der Waals surface area contributed by atoms with E-state index in [1.54, 1.807) is 24.4 Å². The fraction of sp³-hybridized carbons (Fsp3) is 0.562. The molecule has 1 atom stereocenters. The summed E-state index contributed by atoms with van der Waals surface area (Å²) in [6.45, 7) is 1.00. The second-order valence-corrected chi connectivity index (χ2v) is 6.33. The van der Waals surface area contributed by atoms with Crippen LogP contribution in [0, 0.1) is 0 Å². The van der Waals surface area contributed by atoms with Crippen LogP contribution in [0.3, 0.4) is 0 Å². The van der Waals surface area contributed by atoms with Crippen molar-refractivity contribution in [1.29, 1.82) is 0 Å².